The van der Waals surface area contributed by atoms with Crippen molar-refractivity contribution < 1.29 is 9.21 Å². The van der Waals surface area contributed by atoms with Gasteiger partial charge in [0.2, 0.25) is 0 Å². The van der Waals surface area contributed by atoms with Crippen molar-refractivity contribution >= 4 is 11.7 Å². The largest absolute Gasteiger partial charge is 0.459 e. The van der Waals surface area contributed by atoms with E-state index >= 15 is 0 Å². The summed E-state index contributed by atoms with van der Waals surface area (Å²) in [6.45, 7) is 6.88. The molecule has 0 unspecified atom stereocenters. The number of benzene rings is 1. The second kappa shape index (κ2) is 7.17. The van der Waals surface area contributed by atoms with E-state index in [4.69, 9.17) is 4.42 Å². The Bertz CT molecular complexity index is 937. The van der Waals surface area contributed by atoms with Crippen LogP contribution in [0.5, 0.6) is 0 Å². The lowest BCUT2D eigenvalue weighted by atomic mass is 9.99. The molecule has 0 aliphatic rings. The Hall–Kier alpha value is -2.86. The molecule has 0 fully saturated rings. The quantitative estimate of drug-likeness (QED) is 0.730. The van der Waals surface area contributed by atoms with E-state index in [2.05, 4.69) is 48.4 Å². The molecule has 0 bridgehead atoms. The smallest absolute Gasteiger partial charge is 0.292 e. The second-order valence-corrected chi connectivity index (χ2v) is 6.89. The fourth-order valence-electron chi connectivity index (χ4n) is 2.95. The predicted molar refractivity (Wildman–Crippen MR) is 102 cm³/mol. The molecule has 0 spiro atoms. The van der Waals surface area contributed by atoms with Crippen LogP contribution in [0.1, 0.15) is 32.8 Å². The Kier molecular flexibility index (Phi) is 4.95. The number of aromatic nitrogens is 2. The average molecular weight is 352 g/mol. The lowest BCUT2D eigenvalue weighted by molar-refractivity contribution is 0.0994. The predicted octanol–water partition coefficient (Wildman–Crippen LogP) is 3.91. The first kappa shape index (κ1) is 17.9. The van der Waals surface area contributed by atoms with Crippen molar-refractivity contribution in [3.63, 3.8) is 0 Å². The minimum atomic E-state index is -0.304. The van der Waals surface area contributed by atoms with Gasteiger partial charge in [0.05, 0.1) is 12.0 Å². The molecule has 0 radical (unpaired) electrons. The molecule has 0 saturated heterocycles. The van der Waals surface area contributed by atoms with Crippen LogP contribution in [0.4, 0.5) is 5.82 Å². The molecule has 0 aliphatic heterocycles. The number of H-pyrrole nitrogens is 1. The normalized spacial score (nSPS) is 11.2. The van der Waals surface area contributed by atoms with Crippen molar-refractivity contribution in [3.05, 3.63) is 58.5 Å². The lowest BCUT2D eigenvalue weighted by Gasteiger charge is -2.09. The maximum atomic E-state index is 12.5. The summed E-state index contributed by atoms with van der Waals surface area (Å²) in [6.07, 6.45) is 1.53. The summed E-state index contributed by atoms with van der Waals surface area (Å²) in [7, 11) is 3.89. The number of anilines is 1. The van der Waals surface area contributed by atoms with Crippen LogP contribution in [0.3, 0.4) is 0 Å². The number of hydrogen-bond donors (Lipinski definition) is 2. The number of aromatic amines is 1. The van der Waals surface area contributed by atoms with Crippen LogP contribution in [-0.4, -0.2) is 35.1 Å². The molecule has 2 N–H and O–H groups in total. The van der Waals surface area contributed by atoms with Crippen LogP contribution in [0, 0.1) is 20.8 Å². The van der Waals surface area contributed by atoms with E-state index in [9.17, 15) is 4.79 Å². The Labute approximate surface area is 153 Å². The minimum Gasteiger partial charge on any atom is -0.459 e. The molecule has 6 heteroatoms. The van der Waals surface area contributed by atoms with Gasteiger partial charge in [0.15, 0.2) is 11.6 Å². The van der Waals surface area contributed by atoms with E-state index in [1.165, 1.54) is 17.4 Å². The molecular weight excluding hydrogens is 328 g/mol. The van der Waals surface area contributed by atoms with E-state index in [0.717, 1.165) is 22.4 Å². The van der Waals surface area contributed by atoms with Crippen LogP contribution in [-0.2, 0) is 6.54 Å². The highest BCUT2D eigenvalue weighted by Crippen LogP contribution is 2.26. The highest BCUT2D eigenvalue weighted by Gasteiger charge is 2.17. The second-order valence-electron chi connectivity index (χ2n) is 6.89. The first-order chi connectivity index (χ1) is 12.3. The first-order valence-corrected chi connectivity index (χ1v) is 8.51. The van der Waals surface area contributed by atoms with Crippen LogP contribution >= 0.6 is 0 Å². The Balaban J connectivity index is 1.80. The number of carbonyl (C=O) groups is 1. The number of carbonyl (C=O) groups excluding carboxylic acids is 1. The standard InChI is InChI=1S/C20H24N4O2/c1-12-8-14(3)16(9-13(12)2)17-10-18(23-22-17)21-20(25)19-15(6-7-26-19)11-24(4)5/h6-10H,11H2,1-5H3,(H2,21,22,23,25). The molecule has 2 heterocycles. The molecule has 0 aliphatic carbocycles. The Morgan fingerprint density at radius 3 is 2.62 bits per heavy atom. The van der Waals surface area contributed by atoms with Crippen LogP contribution < -0.4 is 5.32 Å². The molecule has 3 rings (SSSR count). The van der Waals surface area contributed by atoms with Gasteiger partial charge in [-0.3, -0.25) is 9.89 Å². The van der Waals surface area contributed by atoms with Gasteiger partial charge in [-0.1, -0.05) is 6.07 Å². The highest BCUT2D eigenvalue weighted by atomic mass is 16.3. The van der Waals surface area contributed by atoms with Crippen molar-refractivity contribution in [2.75, 3.05) is 19.4 Å². The summed E-state index contributed by atoms with van der Waals surface area (Å²) < 4.78 is 5.36. The van der Waals surface area contributed by atoms with Crippen LogP contribution in [0.15, 0.2) is 34.9 Å². The molecule has 2 aromatic heterocycles. The number of hydrogen-bond acceptors (Lipinski definition) is 4. The molecule has 26 heavy (non-hydrogen) atoms. The highest BCUT2D eigenvalue weighted by molar-refractivity contribution is 6.02. The van der Waals surface area contributed by atoms with Crippen LogP contribution in [0.2, 0.25) is 0 Å². The first-order valence-electron chi connectivity index (χ1n) is 8.51. The third-order valence-electron chi connectivity index (χ3n) is 4.39. The van der Waals surface area contributed by atoms with Gasteiger partial charge < -0.3 is 14.6 Å². The summed E-state index contributed by atoms with van der Waals surface area (Å²) in [6, 6.07) is 7.93. The van der Waals surface area contributed by atoms with Gasteiger partial charge in [-0.25, -0.2) is 0 Å². The summed E-state index contributed by atoms with van der Waals surface area (Å²) in [4.78, 5) is 14.5. The number of aryl methyl sites for hydroxylation is 3. The molecule has 1 aromatic carbocycles. The number of amides is 1. The third kappa shape index (κ3) is 3.70. The molecule has 0 atom stereocenters. The SMILES string of the molecule is Cc1cc(C)c(-c2cc(NC(=O)c3occc3CN(C)C)n[nH]2)cc1C. The summed E-state index contributed by atoms with van der Waals surface area (Å²) in [5, 5.41) is 10.0. The monoisotopic (exact) mass is 352 g/mol. The van der Waals surface area contributed by atoms with Gasteiger partial charge in [-0.2, -0.15) is 5.10 Å². The molecule has 3 aromatic rings. The van der Waals surface area contributed by atoms with Crippen molar-refractivity contribution in [2.45, 2.75) is 27.3 Å². The maximum absolute atomic E-state index is 12.5. The summed E-state index contributed by atoms with van der Waals surface area (Å²) >= 11 is 0. The number of rotatable bonds is 5. The zero-order chi connectivity index (χ0) is 18.8. The molecule has 0 saturated carbocycles. The maximum Gasteiger partial charge on any atom is 0.292 e. The van der Waals surface area contributed by atoms with Crippen molar-refractivity contribution in [1.82, 2.24) is 15.1 Å². The fourth-order valence-corrected chi connectivity index (χ4v) is 2.95. The zero-order valence-corrected chi connectivity index (χ0v) is 15.8. The average Bonchev–Trinajstić information content (AvgIpc) is 3.20. The van der Waals surface area contributed by atoms with E-state index in [1.54, 1.807) is 0 Å². The van der Waals surface area contributed by atoms with E-state index in [-0.39, 0.29) is 5.91 Å². The van der Waals surface area contributed by atoms with Crippen LogP contribution in [0.25, 0.3) is 11.3 Å². The number of furan rings is 1. The van der Waals surface area contributed by atoms with Crippen molar-refractivity contribution in [1.29, 1.82) is 0 Å². The van der Waals surface area contributed by atoms with Crippen molar-refractivity contribution in [3.8, 4) is 11.3 Å². The van der Waals surface area contributed by atoms with E-state index < -0.39 is 0 Å². The minimum absolute atomic E-state index is 0.304. The summed E-state index contributed by atoms with van der Waals surface area (Å²) in [5.74, 6) is 0.474. The van der Waals surface area contributed by atoms with E-state index in [1.807, 2.05) is 31.1 Å². The van der Waals surface area contributed by atoms with Crippen molar-refractivity contribution in [2.24, 2.45) is 0 Å². The molecular formula is C20H24N4O2. The molecule has 136 valence electrons. The molecule has 6 nitrogen and oxygen atoms in total. The number of nitrogens with zero attached hydrogens (tertiary/aromatic N) is 2. The fraction of sp³-hybridized carbons (Fsp3) is 0.300. The van der Waals surface area contributed by atoms with Gasteiger partial charge in [-0.15, -0.1) is 0 Å². The third-order valence-corrected chi connectivity index (χ3v) is 4.39. The lowest BCUT2D eigenvalue weighted by Crippen LogP contribution is -2.17. The zero-order valence-electron chi connectivity index (χ0n) is 15.8. The van der Waals surface area contributed by atoms with E-state index in [0.29, 0.717) is 18.1 Å². The topological polar surface area (TPSA) is 74.2 Å². The summed E-state index contributed by atoms with van der Waals surface area (Å²) in [5.41, 5.74) is 6.42. The van der Waals surface area contributed by atoms with Gasteiger partial charge in [-0.05, 0) is 63.7 Å². The Morgan fingerprint density at radius 2 is 1.88 bits per heavy atom. The van der Waals surface area contributed by atoms with Gasteiger partial charge in [0, 0.05) is 23.7 Å². The van der Waals surface area contributed by atoms with Gasteiger partial charge >= 0.3 is 0 Å². The van der Waals surface area contributed by atoms with Gasteiger partial charge in [0.1, 0.15) is 0 Å². The van der Waals surface area contributed by atoms with Gasteiger partial charge in [0.25, 0.3) is 5.91 Å². The Morgan fingerprint density at radius 1 is 1.15 bits per heavy atom. The molecule has 1 amide bonds. The number of nitrogens with one attached hydrogen (secondary N) is 2.